The predicted molar refractivity (Wildman–Crippen MR) is 64.6 cm³/mol. The second-order valence-corrected chi connectivity index (χ2v) is 6.49. The van der Waals surface area contributed by atoms with Gasteiger partial charge in [-0.15, -0.1) is 11.8 Å². The number of halogens is 1. The molecule has 1 aromatic rings. The highest BCUT2D eigenvalue weighted by molar-refractivity contribution is 8.00. The van der Waals surface area contributed by atoms with Gasteiger partial charge in [-0.25, -0.2) is 0 Å². The fourth-order valence-corrected chi connectivity index (χ4v) is 3.26. The first-order chi connectivity index (χ1) is 6.48. The van der Waals surface area contributed by atoms with E-state index in [1.165, 1.54) is 10.5 Å². The number of thioether (sulfide) groups is 1. The van der Waals surface area contributed by atoms with E-state index in [0.717, 1.165) is 17.3 Å². The molecule has 0 spiro atoms. The molecular weight excluding hydrogens is 214 g/mol. The highest BCUT2D eigenvalue weighted by Crippen LogP contribution is 2.44. The molecule has 1 aromatic carbocycles. The summed E-state index contributed by atoms with van der Waals surface area (Å²) >= 11 is 8.06. The number of fused-ring (bicyclic) bond motifs is 1. The van der Waals surface area contributed by atoms with E-state index in [1.807, 2.05) is 17.8 Å². The Balaban J connectivity index is 2.47. The topological polar surface area (TPSA) is 12.0 Å². The van der Waals surface area contributed by atoms with Crippen molar-refractivity contribution in [3.05, 3.63) is 22.7 Å². The van der Waals surface area contributed by atoms with Gasteiger partial charge in [0, 0.05) is 16.2 Å². The van der Waals surface area contributed by atoms with Crippen LogP contribution in [0.15, 0.2) is 17.0 Å². The standard InChI is InChI=1S/C11H14ClNS/c1-7-4-8(12)10-9(5-7)14-11(2,3)6-13-10/h4-5,13H,6H2,1-3H3. The molecule has 1 aliphatic rings. The molecule has 14 heavy (non-hydrogen) atoms. The smallest absolute Gasteiger partial charge is 0.0668 e. The van der Waals surface area contributed by atoms with E-state index in [4.69, 9.17) is 11.6 Å². The molecule has 0 unspecified atom stereocenters. The van der Waals surface area contributed by atoms with Crippen molar-refractivity contribution in [1.29, 1.82) is 0 Å². The molecule has 0 fully saturated rings. The second kappa shape index (κ2) is 3.35. The number of benzene rings is 1. The average molecular weight is 228 g/mol. The summed E-state index contributed by atoms with van der Waals surface area (Å²) in [7, 11) is 0. The maximum Gasteiger partial charge on any atom is 0.0668 e. The van der Waals surface area contributed by atoms with E-state index < -0.39 is 0 Å². The van der Waals surface area contributed by atoms with Crippen LogP contribution in [-0.2, 0) is 0 Å². The van der Waals surface area contributed by atoms with Gasteiger partial charge in [-0.05, 0) is 38.5 Å². The van der Waals surface area contributed by atoms with Crippen molar-refractivity contribution < 1.29 is 0 Å². The third-order valence-corrected chi connectivity index (χ3v) is 3.81. The van der Waals surface area contributed by atoms with Gasteiger partial charge in [0.05, 0.1) is 10.7 Å². The van der Waals surface area contributed by atoms with E-state index >= 15 is 0 Å². The summed E-state index contributed by atoms with van der Waals surface area (Å²) in [5.41, 5.74) is 2.32. The fraction of sp³-hybridized carbons (Fsp3) is 0.455. The lowest BCUT2D eigenvalue weighted by Crippen LogP contribution is -2.30. The summed E-state index contributed by atoms with van der Waals surface area (Å²) in [6.07, 6.45) is 0. The molecule has 0 aromatic heterocycles. The third kappa shape index (κ3) is 1.86. The van der Waals surface area contributed by atoms with Gasteiger partial charge in [0.1, 0.15) is 0 Å². The van der Waals surface area contributed by atoms with Crippen molar-refractivity contribution >= 4 is 29.1 Å². The Morgan fingerprint density at radius 1 is 1.43 bits per heavy atom. The van der Waals surface area contributed by atoms with Crippen molar-refractivity contribution in [2.75, 3.05) is 11.9 Å². The minimum atomic E-state index is 0.254. The summed E-state index contributed by atoms with van der Waals surface area (Å²) in [4.78, 5) is 1.27. The molecule has 2 rings (SSSR count). The number of hydrogen-bond donors (Lipinski definition) is 1. The number of hydrogen-bond acceptors (Lipinski definition) is 2. The maximum absolute atomic E-state index is 6.16. The first kappa shape index (κ1) is 10.2. The summed E-state index contributed by atoms with van der Waals surface area (Å²) < 4.78 is 0.254. The van der Waals surface area contributed by atoms with Crippen LogP contribution in [0, 0.1) is 6.92 Å². The molecule has 1 heterocycles. The van der Waals surface area contributed by atoms with Crippen molar-refractivity contribution in [3.8, 4) is 0 Å². The Labute approximate surface area is 94.2 Å². The van der Waals surface area contributed by atoms with Crippen LogP contribution in [0.25, 0.3) is 0 Å². The van der Waals surface area contributed by atoms with Crippen LogP contribution >= 0.6 is 23.4 Å². The minimum absolute atomic E-state index is 0.254. The number of anilines is 1. The van der Waals surface area contributed by atoms with Crippen molar-refractivity contribution in [2.45, 2.75) is 30.4 Å². The van der Waals surface area contributed by atoms with Crippen LogP contribution in [0.5, 0.6) is 0 Å². The summed E-state index contributed by atoms with van der Waals surface area (Å²) in [5.74, 6) is 0. The molecule has 0 amide bonds. The molecular formula is C11H14ClNS. The molecule has 0 atom stereocenters. The van der Waals surface area contributed by atoms with Gasteiger partial charge < -0.3 is 5.32 Å². The molecule has 0 radical (unpaired) electrons. The lowest BCUT2D eigenvalue weighted by Gasteiger charge is -2.32. The Kier molecular flexibility index (Phi) is 2.44. The molecule has 76 valence electrons. The van der Waals surface area contributed by atoms with Gasteiger partial charge in [-0.1, -0.05) is 11.6 Å². The summed E-state index contributed by atoms with van der Waals surface area (Å²) in [5, 5.41) is 4.23. The Bertz CT molecular complexity index is 374. The van der Waals surface area contributed by atoms with Gasteiger partial charge in [-0.2, -0.15) is 0 Å². The normalized spacial score (nSPS) is 18.6. The molecule has 0 saturated heterocycles. The van der Waals surface area contributed by atoms with Crippen LogP contribution in [0.1, 0.15) is 19.4 Å². The third-order valence-electron chi connectivity index (χ3n) is 2.28. The zero-order valence-electron chi connectivity index (χ0n) is 8.65. The molecule has 0 aliphatic carbocycles. The van der Waals surface area contributed by atoms with Crippen LogP contribution in [0.2, 0.25) is 5.02 Å². The fourth-order valence-electron chi connectivity index (χ4n) is 1.60. The van der Waals surface area contributed by atoms with Gasteiger partial charge in [0.15, 0.2) is 0 Å². The Morgan fingerprint density at radius 3 is 2.86 bits per heavy atom. The Morgan fingerprint density at radius 2 is 2.14 bits per heavy atom. The molecule has 1 nitrogen and oxygen atoms in total. The largest absolute Gasteiger partial charge is 0.382 e. The van der Waals surface area contributed by atoms with Crippen molar-refractivity contribution in [1.82, 2.24) is 0 Å². The van der Waals surface area contributed by atoms with Crippen molar-refractivity contribution in [3.63, 3.8) is 0 Å². The highest BCUT2D eigenvalue weighted by Gasteiger charge is 2.26. The first-order valence-electron chi connectivity index (χ1n) is 4.71. The summed E-state index contributed by atoms with van der Waals surface area (Å²) in [6, 6.07) is 4.20. The molecule has 0 bridgehead atoms. The summed E-state index contributed by atoms with van der Waals surface area (Å²) in [6.45, 7) is 7.52. The first-order valence-corrected chi connectivity index (χ1v) is 5.90. The van der Waals surface area contributed by atoms with Gasteiger partial charge in [-0.3, -0.25) is 0 Å². The molecule has 0 saturated carbocycles. The lowest BCUT2D eigenvalue weighted by molar-refractivity contribution is 0.739. The van der Waals surface area contributed by atoms with Gasteiger partial charge in [0.2, 0.25) is 0 Å². The van der Waals surface area contributed by atoms with E-state index in [9.17, 15) is 0 Å². The van der Waals surface area contributed by atoms with Gasteiger partial charge in [0.25, 0.3) is 0 Å². The zero-order valence-corrected chi connectivity index (χ0v) is 10.2. The van der Waals surface area contributed by atoms with E-state index in [2.05, 4.69) is 32.2 Å². The number of rotatable bonds is 0. The molecule has 1 aliphatic heterocycles. The van der Waals surface area contributed by atoms with Crippen LogP contribution in [-0.4, -0.2) is 11.3 Å². The monoisotopic (exact) mass is 227 g/mol. The van der Waals surface area contributed by atoms with Crippen molar-refractivity contribution in [2.24, 2.45) is 0 Å². The maximum atomic E-state index is 6.16. The van der Waals surface area contributed by atoms with E-state index in [0.29, 0.717) is 0 Å². The second-order valence-electron chi connectivity index (χ2n) is 4.34. The Hall–Kier alpha value is -0.340. The zero-order chi connectivity index (χ0) is 10.3. The van der Waals surface area contributed by atoms with Crippen LogP contribution < -0.4 is 5.32 Å². The number of aryl methyl sites for hydroxylation is 1. The lowest BCUT2D eigenvalue weighted by atomic mass is 10.1. The molecule has 1 N–H and O–H groups in total. The van der Waals surface area contributed by atoms with Crippen LogP contribution in [0.3, 0.4) is 0 Å². The minimum Gasteiger partial charge on any atom is -0.382 e. The van der Waals surface area contributed by atoms with Gasteiger partial charge >= 0.3 is 0 Å². The highest BCUT2D eigenvalue weighted by atomic mass is 35.5. The quantitative estimate of drug-likeness (QED) is 0.721. The molecule has 3 heteroatoms. The van der Waals surface area contributed by atoms with E-state index in [1.54, 1.807) is 0 Å². The van der Waals surface area contributed by atoms with Crippen LogP contribution in [0.4, 0.5) is 5.69 Å². The number of nitrogens with one attached hydrogen (secondary N) is 1. The van der Waals surface area contributed by atoms with E-state index in [-0.39, 0.29) is 4.75 Å². The average Bonchev–Trinajstić information content (AvgIpc) is 2.00. The predicted octanol–water partition coefficient (Wildman–Crippen LogP) is 3.94. The SMILES string of the molecule is Cc1cc(Cl)c2c(c1)SC(C)(C)CN2.